The first kappa shape index (κ1) is 9.84. The fraction of sp³-hybridized carbons (Fsp3) is 1.00. The largest absolute Gasteiger partial charge is 0.378 e. The van der Waals surface area contributed by atoms with Crippen molar-refractivity contribution in [2.75, 3.05) is 33.4 Å². The zero-order valence-corrected chi connectivity index (χ0v) is 6.47. The van der Waals surface area contributed by atoms with Crippen LogP contribution in [0.2, 0.25) is 0 Å². The van der Waals surface area contributed by atoms with Crippen LogP contribution in [0.4, 0.5) is 0 Å². The van der Waals surface area contributed by atoms with Gasteiger partial charge < -0.3 is 21.5 Å². The van der Waals surface area contributed by atoms with Crippen LogP contribution in [0, 0.1) is 0 Å². The molecular formula is C6H17N3O. The van der Waals surface area contributed by atoms with Gasteiger partial charge in [0.1, 0.15) is 0 Å². The summed E-state index contributed by atoms with van der Waals surface area (Å²) in [5.41, 5.74) is 10.8. The lowest BCUT2D eigenvalue weighted by Crippen LogP contribution is -2.35. The van der Waals surface area contributed by atoms with Gasteiger partial charge in [-0.05, 0) is 7.05 Å². The van der Waals surface area contributed by atoms with E-state index in [1.54, 1.807) is 0 Å². The van der Waals surface area contributed by atoms with Crippen LogP contribution < -0.4 is 16.8 Å². The van der Waals surface area contributed by atoms with Crippen molar-refractivity contribution in [2.45, 2.75) is 6.04 Å². The van der Waals surface area contributed by atoms with Crippen molar-refractivity contribution in [3.63, 3.8) is 0 Å². The van der Waals surface area contributed by atoms with E-state index >= 15 is 0 Å². The molecule has 5 N–H and O–H groups in total. The minimum atomic E-state index is -0.0168. The fourth-order valence-electron chi connectivity index (χ4n) is 0.477. The predicted octanol–water partition coefficient (Wildman–Crippen LogP) is -1.49. The van der Waals surface area contributed by atoms with Crippen molar-refractivity contribution in [3.8, 4) is 0 Å². The van der Waals surface area contributed by atoms with Crippen LogP contribution in [-0.4, -0.2) is 39.4 Å². The topological polar surface area (TPSA) is 73.3 Å². The van der Waals surface area contributed by atoms with Crippen LogP contribution in [-0.2, 0) is 4.74 Å². The van der Waals surface area contributed by atoms with Gasteiger partial charge >= 0.3 is 0 Å². The summed E-state index contributed by atoms with van der Waals surface area (Å²) in [6.45, 7) is 2.60. The molecule has 0 fully saturated rings. The van der Waals surface area contributed by atoms with E-state index in [0.29, 0.717) is 19.8 Å². The van der Waals surface area contributed by atoms with Gasteiger partial charge in [0.25, 0.3) is 0 Å². The highest BCUT2D eigenvalue weighted by Gasteiger charge is 1.96. The Bertz CT molecular complexity index is 70.0. The second kappa shape index (κ2) is 6.95. The van der Waals surface area contributed by atoms with Gasteiger partial charge in [0.2, 0.25) is 0 Å². The molecule has 0 aromatic rings. The molecule has 1 atom stereocenters. The van der Waals surface area contributed by atoms with Gasteiger partial charge in [0, 0.05) is 19.1 Å². The van der Waals surface area contributed by atoms with Crippen LogP contribution >= 0.6 is 0 Å². The van der Waals surface area contributed by atoms with E-state index in [0.717, 1.165) is 6.54 Å². The summed E-state index contributed by atoms with van der Waals surface area (Å²) in [5.74, 6) is 0. The molecule has 0 saturated carbocycles. The molecule has 0 aliphatic heterocycles. The van der Waals surface area contributed by atoms with Crippen molar-refractivity contribution >= 4 is 0 Å². The van der Waals surface area contributed by atoms with Crippen LogP contribution in [0.1, 0.15) is 0 Å². The molecule has 0 amide bonds. The summed E-state index contributed by atoms with van der Waals surface area (Å²) in [6.07, 6.45) is 0. The maximum Gasteiger partial charge on any atom is 0.0630 e. The minimum Gasteiger partial charge on any atom is -0.378 e. The van der Waals surface area contributed by atoms with Crippen molar-refractivity contribution in [1.82, 2.24) is 5.32 Å². The number of ether oxygens (including phenoxy) is 1. The van der Waals surface area contributed by atoms with Gasteiger partial charge in [-0.25, -0.2) is 0 Å². The van der Waals surface area contributed by atoms with E-state index in [9.17, 15) is 0 Å². The summed E-state index contributed by atoms with van der Waals surface area (Å²) in [7, 11) is 1.88. The second-order valence-electron chi connectivity index (χ2n) is 2.17. The lowest BCUT2D eigenvalue weighted by atomic mass is 10.3. The molecule has 0 bridgehead atoms. The number of likely N-dealkylation sites (N-methyl/N-ethyl adjacent to an activating group) is 1. The van der Waals surface area contributed by atoms with E-state index in [1.807, 2.05) is 7.05 Å². The molecule has 0 heterocycles. The molecule has 0 spiro atoms. The van der Waals surface area contributed by atoms with E-state index in [-0.39, 0.29) is 6.04 Å². The summed E-state index contributed by atoms with van der Waals surface area (Å²) in [6, 6.07) is -0.0168. The summed E-state index contributed by atoms with van der Waals surface area (Å²) < 4.78 is 5.16. The molecule has 62 valence electrons. The van der Waals surface area contributed by atoms with E-state index < -0.39 is 0 Å². The van der Waals surface area contributed by atoms with Crippen molar-refractivity contribution in [3.05, 3.63) is 0 Å². The number of rotatable bonds is 6. The lowest BCUT2D eigenvalue weighted by Gasteiger charge is -2.08. The standard InChI is InChI=1S/C6H17N3O/c1-9-2-3-10-5-6(8)4-7/h6,9H,2-5,7-8H2,1H3. The maximum atomic E-state index is 5.48. The lowest BCUT2D eigenvalue weighted by molar-refractivity contribution is 0.125. The predicted molar refractivity (Wildman–Crippen MR) is 41.8 cm³/mol. The zero-order chi connectivity index (χ0) is 7.82. The molecule has 0 rings (SSSR count). The Kier molecular flexibility index (Phi) is 6.84. The first-order valence-corrected chi connectivity index (χ1v) is 3.49. The molecule has 0 aromatic carbocycles. The average molecular weight is 147 g/mol. The summed E-state index contributed by atoms with van der Waals surface area (Å²) >= 11 is 0. The highest BCUT2D eigenvalue weighted by Crippen LogP contribution is 1.77. The SMILES string of the molecule is CNCCOCC(N)CN. The molecule has 10 heavy (non-hydrogen) atoms. The van der Waals surface area contributed by atoms with Gasteiger partial charge in [0.05, 0.1) is 13.2 Å². The number of hydrogen-bond acceptors (Lipinski definition) is 4. The molecule has 0 radical (unpaired) electrons. The van der Waals surface area contributed by atoms with Crippen molar-refractivity contribution < 1.29 is 4.74 Å². The third-order valence-electron chi connectivity index (χ3n) is 1.13. The van der Waals surface area contributed by atoms with Crippen molar-refractivity contribution in [1.29, 1.82) is 0 Å². The number of nitrogens with one attached hydrogen (secondary N) is 1. The number of hydrogen-bond donors (Lipinski definition) is 3. The maximum absolute atomic E-state index is 5.48. The molecule has 4 heteroatoms. The van der Waals surface area contributed by atoms with Crippen LogP contribution in [0.3, 0.4) is 0 Å². The Morgan fingerprint density at radius 1 is 1.60 bits per heavy atom. The molecule has 0 saturated heterocycles. The van der Waals surface area contributed by atoms with Crippen molar-refractivity contribution in [2.24, 2.45) is 11.5 Å². The molecule has 0 aliphatic rings. The molecule has 0 aliphatic carbocycles. The highest BCUT2D eigenvalue weighted by atomic mass is 16.5. The zero-order valence-electron chi connectivity index (χ0n) is 6.47. The molecule has 0 aromatic heterocycles. The quantitative estimate of drug-likeness (QED) is 0.400. The summed E-state index contributed by atoms with van der Waals surface area (Å²) in [5, 5.41) is 2.96. The van der Waals surface area contributed by atoms with Crippen LogP contribution in [0.5, 0.6) is 0 Å². The minimum absolute atomic E-state index is 0.0168. The smallest absolute Gasteiger partial charge is 0.0630 e. The Hall–Kier alpha value is -0.160. The van der Waals surface area contributed by atoms with Crippen LogP contribution in [0.25, 0.3) is 0 Å². The van der Waals surface area contributed by atoms with Gasteiger partial charge in [-0.15, -0.1) is 0 Å². The Balaban J connectivity index is 2.89. The normalized spacial score (nSPS) is 13.5. The van der Waals surface area contributed by atoms with Gasteiger partial charge in [0.15, 0.2) is 0 Å². The third-order valence-corrected chi connectivity index (χ3v) is 1.13. The average Bonchev–Trinajstić information content (AvgIpc) is 1.98. The third kappa shape index (κ3) is 5.97. The molecular weight excluding hydrogens is 130 g/mol. The molecule has 4 nitrogen and oxygen atoms in total. The van der Waals surface area contributed by atoms with Gasteiger partial charge in [-0.2, -0.15) is 0 Å². The first-order valence-electron chi connectivity index (χ1n) is 3.49. The van der Waals surface area contributed by atoms with E-state index in [4.69, 9.17) is 16.2 Å². The Morgan fingerprint density at radius 3 is 2.80 bits per heavy atom. The first-order chi connectivity index (χ1) is 4.81. The highest BCUT2D eigenvalue weighted by molar-refractivity contribution is 4.58. The molecule has 1 unspecified atom stereocenters. The van der Waals surface area contributed by atoms with E-state index in [1.165, 1.54) is 0 Å². The second-order valence-corrected chi connectivity index (χ2v) is 2.17. The monoisotopic (exact) mass is 147 g/mol. The fourth-order valence-corrected chi connectivity index (χ4v) is 0.477. The number of nitrogens with two attached hydrogens (primary N) is 2. The van der Waals surface area contributed by atoms with Gasteiger partial charge in [-0.3, -0.25) is 0 Å². The van der Waals surface area contributed by atoms with Crippen LogP contribution in [0.15, 0.2) is 0 Å². The Morgan fingerprint density at radius 2 is 2.30 bits per heavy atom. The van der Waals surface area contributed by atoms with E-state index in [2.05, 4.69) is 5.32 Å². The van der Waals surface area contributed by atoms with Gasteiger partial charge in [-0.1, -0.05) is 0 Å². The summed E-state index contributed by atoms with van der Waals surface area (Å²) in [4.78, 5) is 0. The Labute approximate surface area is 61.9 Å².